The topological polar surface area (TPSA) is 105 Å². The maximum absolute atomic E-state index is 12.5. The van der Waals surface area contributed by atoms with Crippen LogP contribution in [0.25, 0.3) is 6.08 Å². The van der Waals surface area contributed by atoms with Crippen molar-refractivity contribution in [3.05, 3.63) is 77.9 Å². The molecule has 34 heavy (non-hydrogen) atoms. The van der Waals surface area contributed by atoms with Gasteiger partial charge in [0, 0.05) is 23.9 Å². The van der Waals surface area contributed by atoms with Gasteiger partial charge in [0.1, 0.15) is 6.10 Å². The molecule has 1 saturated carbocycles. The maximum Gasteiger partial charge on any atom is 0.338 e. The second-order valence-corrected chi connectivity index (χ2v) is 8.75. The molecule has 6 heteroatoms. The number of ether oxygens (including phenoxy) is 2. The average Bonchev–Trinajstić information content (AvgIpc) is 2.84. The van der Waals surface area contributed by atoms with Crippen LogP contribution in [0.5, 0.6) is 0 Å². The lowest BCUT2D eigenvalue weighted by molar-refractivity contribution is -0.137. The van der Waals surface area contributed by atoms with Gasteiger partial charge in [0.15, 0.2) is 0 Å². The lowest BCUT2D eigenvalue weighted by atomic mass is 9.84. The van der Waals surface area contributed by atoms with E-state index in [1.165, 1.54) is 12.5 Å². The quantitative estimate of drug-likeness (QED) is 0.214. The van der Waals surface area contributed by atoms with E-state index < -0.39 is 5.97 Å². The van der Waals surface area contributed by atoms with E-state index in [4.69, 9.17) is 20.9 Å². The van der Waals surface area contributed by atoms with E-state index in [2.05, 4.69) is 6.58 Å². The van der Waals surface area contributed by atoms with Crippen LogP contribution in [0.4, 0.5) is 11.4 Å². The zero-order valence-corrected chi connectivity index (χ0v) is 19.6. The summed E-state index contributed by atoms with van der Waals surface area (Å²) >= 11 is 0. The summed E-state index contributed by atoms with van der Waals surface area (Å²) in [5.74, 6) is -0.0332. The highest BCUT2D eigenvalue weighted by atomic mass is 16.5. The summed E-state index contributed by atoms with van der Waals surface area (Å²) in [7, 11) is 0. The number of hydrogen-bond donors (Lipinski definition) is 2. The fourth-order valence-electron chi connectivity index (χ4n) is 4.16. The number of hydrogen-bond acceptors (Lipinski definition) is 6. The van der Waals surface area contributed by atoms with Gasteiger partial charge in [-0.2, -0.15) is 0 Å². The lowest BCUT2D eigenvalue weighted by Crippen LogP contribution is -2.24. The van der Waals surface area contributed by atoms with E-state index in [0.717, 1.165) is 43.2 Å². The minimum Gasteiger partial charge on any atom is -0.462 e. The predicted octanol–water partition coefficient (Wildman–Crippen LogP) is 5.33. The number of nitrogen functional groups attached to an aromatic ring is 2. The molecule has 180 valence electrons. The van der Waals surface area contributed by atoms with Crippen LogP contribution >= 0.6 is 0 Å². The van der Waals surface area contributed by atoms with Crippen molar-refractivity contribution in [2.75, 3.05) is 18.1 Å². The van der Waals surface area contributed by atoms with Crippen molar-refractivity contribution >= 4 is 29.4 Å². The maximum atomic E-state index is 12.5. The molecule has 6 nitrogen and oxygen atoms in total. The Kier molecular flexibility index (Phi) is 9.32. The molecule has 0 radical (unpaired) electrons. The van der Waals surface area contributed by atoms with Crippen molar-refractivity contribution in [1.82, 2.24) is 0 Å². The number of nitrogens with two attached hydrogens (primary N) is 2. The molecule has 0 unspecified atom stereocenters. The smallest absolute Gasteiger partial charge is 0.338 e. The Balaban J connectivity index is 1.40. The molecular formula is C28H34N2O4. The number of esters is 2. The van der Waals surface area contributed by atoms with Crippen molar-refractivity contribution < 1.29 is 19.1 Å². The first-order valence-electron chi connectivity index (χ1n) is 11.8. The first-order valence-corrected chi connectivity index (χ1v) is 11.8. The summed E-state index contributed by atoms with van der Waals surface area (Å²) in [6.45, 7) is 4.00. The number of anilines is 2. The molecule has 0 atom stereocenters. The first-order chi connectivity index (χ1) is 16.4. The highest BCUT2D eigenvalue weighted by Gasteiger charge is 2.23. The molecule has 0 heterocycles. The molecular weight excluding hydrogens is 428 g/mol. The van der Waals surface area contributed by atoms with Gasteiger partial charge >= 0.3 is 11.9 Å². The Hall–Kier alpha value is -3.54. The van der Waals surface area contributed by atoms with E-state index in [9.17, 15) is 9.59 Å². The fraction of sp³-hybridized carbons (Fsp3) is 0.357. The third-order valence-corrected chi connectivity index (χ3v) is 6.19. The van der Waals surface area contributed by atoms with E-state index in [-0.39, 0.29) is 18.7 Å². The Bertz CT molecular complexity index is 1010. The van der Waals surface area contributed by atoms with Gasteiger partial charge in [0.25, 0.3) is 0 Å². The van der Waals surface area contributed by atoms with E-state index in [0.29, 0.717) is 29.3 Å². The Morgan fingerprint density at radius 2 is 1.76 bits per heavy atom. The number of benzene rings is 2. The van der Waals surface area contributed by atoms with Gasteiger partial charge in [-0.05, 0) is 85.9 Å². The first kappa shape index (κ1) is 25.1. The van der Waals surface area contributed by atoms with Crippen molar-refractivity contribution in [3.63, 3.8) is 0 Å². The summed E-state index contributed by atoms with van der Waals surface area (Å²) in [6.07, 6.45) is 11.7. The van der Waals surface area contributed by atoms with E-state index >= 15 is 0 Å². The van der Waals surface area contributed by atoms with Crippen molar-refractivity contribution in [3.8, 4) is 0 Å². The Labute approximate surface area is 201 Å². The molecule has 4 N–H and O–H groups in total. The van der Waals surface area contributed by atoms with Gasteiger partial charge in [0.2, 0.25) is 0 Å². The molecule has 0 bridgehead atoms. The van der Waals surface area contributed by atoms with Crippen LogP contribution in [0, 0.1) is 5.92 Å². The normalized spacial score (nSPS) is 17.9. The highest BCUT2D eigenvalue weighted by Crippen LogP contribution is 2.30. The zero-order chi connectivity index (χ0) is 24.3. The molecule has 0 aromatic heterocycles. The third-order valence-electron chi connectivity index (χ3n) is 6.19. The fourth-order valence-corrected chi connectivity index (χ4v) is 4.16. The van der Waals surface area contributed by atoms with Crippen LogP contribution < -0.4 is 11.5 Å². The van der Waals surface area contributed by atoms with Gasteiger partial charge < -0.3 is 20.9 Å². The number of carbonyl (C=O) groups excluding carboxylic acids is 2. The Morgan fingerprint density at radius 3 is 2.44 bits per heavy atom. The number of carbonyl (C=O) groups is 2. The molecule has 2 aromatic rings. The lowest BCUT2D eigenvalue weighted by Gasteiger charge is -2.28. The standard InChI is InChI=1S/C28H34N2O4/c1-2-3-4-20-7-14-25(15-8-20)34-28(32)23-10-5-21(6-11-23)9-16-27(31)33-18-17-22-12-13-24(29)19-26(22)30/h2,5-6,9-13,16,19-20,25H,1,3-4,7-8,14-15,17-18,29-30H2. The monoisotopic (exact) mass is 462 g/mol. The van der Waals surface area contributed by atoms with Crippen LogP contribution in [0.1, 0.15) is 60.0 Å². The van der Waals surface area contributed by atoms with Crippen LogP contribution in [-0.2, 0) is 20.7 Å². The third kappa shape index (κ3) is 7.80. The summed E-state index contributed by atoms with van der Waals surface area (Å²) in [5, 5.41) is 0. The zero-order valence-electron chi connectivity index (χ0n) is 19.6. The second-order valence-electron chi connectivity index (χ2n) is 8.75. The minimum atomic E-state index is -0.443. The van der Waals surface area contributed by atoms with Crippen LogP contribution in [-0.4, -0.2) is 24.6 Å². The molecule has 0 spiro atoms. The number of allylic oxidation sites excluding steroid dienone is 1. The highest BCUT2D eigenvalue weighted by molar-refractivity contribution is 5.90. The molecule has 1 fully saturated rings. The van der Waals surface area contributed by atoms with Gasteiger partial charge in [-0.15, -0.1) is 6.58 Å². The summed E-state index contributed by atoms with van der Waals surface area (Å²) in [5.41, 5.74) is 15.0. The van der Waals surface area contributed by atoms with Crippen LogP contribution in [0.3, 0.4) is 0 Å². The molecule has 1 aliphatic rings. The summed E-state index contributed by atoms with van der Waals surface area (Å²) < 4.78 is 10.9. The van der Waals surface area contributed by atoms with Crippen LogP contribution in [0.2, 0.25) is 0 Å². The molecule has 3 rings (SSSR count). The van der Waals surface area contributed by atoms with Gasteiger partial charge in [-0.3, -0.25) is 0 Å². The second kappa shape index (κ2) is 12.6. The van der Waals surface area contributed by atoms with Crippen molar-refractivity contribution in [2.24, 2.45) is 5.92 Å². The van der Waals surface area contributed by atoms with E-state index in [1.807, 2.05) is 12.1 Å². The Morgan fingerprint density at radius 1 is 1.03 bits per heavy atom. The van der Waals surface area contributed by atoms with Crippen molar-refractivity contribution in [1.29, 1.82) is 0 Å². The van der Waals surface area contributed by atoms with E-state index in [1.54, 1.807) is 42.5 Å². The molecule has 0 aliphatic heterocycles. The largest absolute Gasteiger partial charge is 0.462 e. The average molecular weight is 463 g/mol. The summed E-state index contributed by atoms with van der Waals surface area (Å²) in [6, 6.07) is 12.3. The molecule has 0 saturated heterocycles. The van der Waals surface area contributed by atoms with Crippen LogP contribution in [0.15, 0.2) is 61.2 Å². The predicted molar refractivity (Wildman–Crippen MR) is 136 cm³/mol. The molecule has 1 aliphatic carbocycles. The van der Waals surface area contributed by atoms with Gasteiger partial charge in [-0.25, -0.2) is 9.59 Å². The number of rotatable bonds is 10. The van der Waals surface area contributed by atoms with Gasteiger partial charge in [0.05, 0.1) is 12.2 Å². The molecule has 2 aromatic carbocycles. The van der Waals surface area contributed by atoms with Crippen molar-refractivity contribution in [2.45, 2.75) is 51.0 Å². The SMILES string of the molecule is C=CCCC1CCC(OC(=O)c2ccc(C=CC(=O)OCCc3ccc(N)cc3N)cc2)CC1. The summed E-state index contributed by atoms with van der Waals surface area (Å²) in [4.78, 5) is 24.5. The molecule has 0 amide bonds. The minimum absolute atomic E-state index is 0.00887. The van der Waals surface area contributed by atoms with Gasteiger partial charge in [-0.1, -0.05) is 24.3 Å².